The molecule has 0 aromatic heterocycles. The summed E-state index contributed by atoms with van der Waals surface area (Å²) >= 11 is 9.77. The monoisotopic (exact) mass is 353 g/mol. The number of hydrogen-bond donors (Lipinski definition) is 1. The predicted octanol–water partition coefficient (Wildman–Crippen LogP) is 4.86. The molecule has 2 aromatic carbocycles. The van der Waals surface area contributed by atoms with Crippen LogP contribution in [-0.2, 0) is 0 Å². The molecule has 0 bridgehead atoms. The molecule has 2 aromatic rings. The van der Waals surface area contributed by atoms with Gasteiger partial charge in [0.1, 0.15) is 5.75 Å². The van der Waals surface area contributed by atoms with Crippen molar-refractivity contribution < 1.29 is 4.74 Å². The van der Waals surface area contributed by atoms with Crippen molar-refractivity contribution in [2.75, 3.05) is 6.61 Å². The molecular weight excluding hydrogens is 338 g/mol. The van der Waals surface area contributed by atoms with E-state index in [1.807, 2.05) is 50.2 Å². The minimum atomic E-state index is -0.318. The van der Waals surface area contributed by atoms with Crippen LogP contribution in [0.4, 0.5) is 0 Å². The van der Waals surface area contributed by atoms with Crippen molar-refractivity contribution in [2.45, 2.75) is 19.9 Å². The lowest BCUT2D eigenvalue weighted by atomic mass is 9.97. The molecule has 0 saturated carbocycles. The zero-order valence-corrected chi connectivity index (χ0v) is 13.8. The Morgan fingerprint density at radius 2 is 2.00 bits per heavy atom. The largest absolute Gasteiger partial charge is 0.494 e. The highest BCUT2D eigenvalue weighted by Crippen LogP contribution is 2.35. The van der Waals surface area contributed by atoms with Gasteiger partial charge in [-0.3, -0.25) is 0 Å². The second-order valence-electron chi connectivity index (χ2n) is 4.60. The Kier molecular flexibility index (Phi) is 5.08. The molecule has 4 heteroatoms. The van der Waals surface area contributed by atoms with Gasteiger partial charge in [-0.1, -0.05) is 41.4 Å². The summed E-state index contributed by atoms with van der Waals surface area (Å²) in [5.41, 5.74) is 9.38. The molecule has 0 aliphatic carbocycles. The van der Waals surface area contributed by atoms with E-state index in [0.717, 1.165) is 26.9 Å². The Hall–Kier alpha value is -1.03. The maximum absolute atomic E-state index is 6.40. The van der Waals surface area contributed by atoms with Gasteiger partial charge >= 0.3 is 0 Å². The third-order valence-electron chi connectivity index (χ3n) is 3.12. The van der Waals surface area contributed by atoms with Crippen LogP contribution < -0.4 is 10.5 Å². The normalized spacial score (nSPS) is 12.2. The Labute approximate surface area is 133 Å². The van der Waals surface area contributed by atoms with Crippen molar-refractivity contribution in [3.8, 4) is 5.75 Å². The molecule has 0 saturated heterocycles. The molecule has 1 unspecified atom stereocenters. The van der Waals surface area contributed by atoms with Crippen LogP contribution in [0.3, 0.4) is 0 Å². The minimum Gasteiger partial charge on any atom is -0.494 e. The van der Waals surface area contributed by atoms with Crippen LogP contribution in [-0.4, -0.2) is 6.61 Å². The van der Waals surface area contributed by atoms with Gasteiger partial charge < -0.3 is 10.5 Å². The summed E-state index contributed by atoms with van der Waals surface area (Å²) < 4.78 is 6.52. The van der Waals surface area contributed by atoms with Crippen LogP contribution in [0.15, 0.2) is 40.9 Å². The number of benzene rings is 2. The Balaban J connectivity index is 2.49. The van der Waals surface area contributed by atoms with E-state index in [4.69, 9.17) is 22.1 Å². The average molecular weight is 355 g/mol. The highest BCUT2D eigenvalue weighted by molar-refractivity contribution is 9.10. The zero-order chi connectivity index (χ0) is 14.7. The highest BCUT2D eigenvalue weighted by Gasteiger charge is 2.18. The SMILES string of the molecule is CCOc1ccc(C)cc1C(N)c1cccc(Br)c1Cl. The number of nitrogens with two attached hydrogens (primary N) is 1. The van der Waals surface area contributed by atoms with E-state index in [-0.39, 0.29) is 6.04 Å². The number of ether oxygens (including phenoxy) is 1. The maximum atomic E-state index is 6.40. The number of rotatable bonds is 4. The molecule has 0 aliphatic rings. The quantitative estimate of drug-likeness (QED) is 0.851. The van der Waals surface area contributed by atoms with E-state index in [9.17, 15) is 0 Å². The summed E-state index contributed by atoms with van der Waals surface area (Å²) in [6.45, 7) is 4.60. The fourth-order valence-corrected chi connectivity index (χ4v) is 2.75. The number of aryl methyl sites for hydroxylation is 1. The van der Waals surface area contributed by atoms with Crippen LogP contribution in [0.1, 0.15) is 29.7 Å². The minimum absolute atomic E-state index is 0.318. The number of halogens is 2. The summed E-state index contributed by atoms with van der Waals surface area (Å²) in [5.74, 6) is 0.807. The van der Waals surface area contributed by atoms with Crippen molar-refractivity contribution in [3.05, 3.63) is 62.6 Å². The van der Waals surface area contributed by atoms with Gasteiger partial charge in [-0.05, 0) is 47.5 Å². The van der Waals surface area contributed by atoms with Crippen LogP contribution in [0.2, 0.25) is 5.02 Å². The Morgan fingerprint density at radius 3 is 2.70 bits per heavy atom. The molecule has 2 nitrogen and oxygen atoms in total. The van der Waals surface area contributed by atoms with Crippen molar-refractivity contribution in [1.82, 2.24) is 0 Å². The molecule has 0 fully saturated rings. The lowest BCUT2D eigenvalue weighted by Gasteiger charge is -2.19. The molecule has 106 valence electrons. The third-order valence-corrected chi connectivity index (χ3v) is 4.43. The summed E-state index contributed by atoms with van der Waals surface area (Å²) in [7, 11) is 0. The first-order valence-electron chi connectivity index (χ1n) is 6.47. The van der Waals surface area contributed by atoms with E-state index in [2.05, 4.69) is 15.9 Å². The van der Waals surface area contributed by atoms with Crippen molar-refractivity contribution >= 4 is 27.5 Å². The number of hydrogen-bond acceptors (Lipinski definition) is 2. The van der Waals surface area contributed by atoms with E-state index >= 15 is 0 Å². The molecule has 2 rings (SSSR count). The molecule has 2 N–H and O–H groups in total. The topological polar surface area (TPSA) is 35.2 Å². The summed E-state index contributed by atoms with van der Waals surface area (Å²) in [5, 5.41) is 0.643. The molecular formula is C16H17BrClNO. The molecule has 0 radical (unpaired) electrons. The van der Waals surface area contributed by atoms with E-state index in [1.54, 1.807) is 0 Å². The molecule has 0 aliphatic heterocycles. The van der Waals surface area contributed by atoms with Crippen molar-refractivity contribution in [3.63, 3.8) is 0 Å². The first-order valence-corrected chi connectivity index (χ1v) is 7.64. The van der Waals surface area contributed by atoms with Gasteiger partial charge in [0, 0.05) is 10.0 Å². The van der Waals surface area contributed by atoms with Gasteiger partial charge in [0.05, 0.1) is 17.7 Å². The standard InChI is InChI=1S/C16H17BrClNO/c1-3-20-14-8-7-10(2)9-12(14)16(19)11-5-4-6-13(17)15(11)18/h4-9,16H,3,19H2,1-2H3. The maximum Gasteiger partial charge on any atom is 0.124 e. The second-order valence-corrected chi connectivity index (χ2v) is 5.83. The van der Waals surface area contributed by atoms with Crippen LogP contribution in [0.5, 0.6) is 5.75 Å². The fraction of sp³-hybridized carbons (Fsp3) is 0.250. The Morgan fingerprint density at radius 1 is 1.25 bits per heavy atom. The van der Waals surface area contributed by atoms with Gasteiger partial charge in [0.15, 0.2) is 0 Å². The van der Waals surface area contributed by atoms with Gasteiger partial charge in [-0.15, -0.1) is 0 Å². The molecule has 20 heavy (non-hydrogen) atoms. The predicted molar refractivity (Wildman–Crippen MR) is 87.5 cm³/mol. The molecule has 0 amide bonds. The van der Waals surface area contributed by atoms with Gasteiger partial charge in [0.25, 0.3) is 0 Å². The lowest BCUT2D eigenvalue weighted by Crippen LogP contribution is -2.14. The lowest BCUT2D eigenvalue weighted by molar-refractivity contribution is 0.335. The molecule has 1 atom stereocenters. The van der Waals surface area contributed by atoms with E-state index in [1.165, 1.54) is 0 Å². The highest BCUT2D eigenvalue weighted by atomic mass is 79.9. The van der Waals surface area contributed by atoms with Crippen LogP contribution in [0.25, 0.3) is 0 Å². The van der Waals surface area contributed by atoms with Crippen LogP contribution >= 0.6 is 27.5 Å². The summed E-state index contributed by atoms with van der Waals surface area (Å²) in [6, 6.07) is 11.5. The summed E-state index contributed by atoms with van der Waals surface area (Å²) in [6.07, 6.45) is 0. The van der Waals surface area contributed by atoms with Crippen molar-refractivity contribution in [2.24, 2.45) is 5.73 Å². The Bertz CT molecular complexity index is 615. The second kappa shape index (κ2) is 6.61. The fourth-order valence-electron chi connectivity index (χ4n) is 2.13. The third kappa shape index (κ3) is 3.17. The smallest absolute Gasteiger partial charge is 0.124 e. The first kappa shape index (κ1) is 15.4. The summed E-state index contributed by atoms with van der Waals surface area (Å²) in [4.78, 5) is 0. The zero-order valence-electron chi connectivity index (χ0n) is 11.5. The van der Waals surface area contributed by atoms with Gasteiger partial charge in [0.2, 0.25) is 0 Å². The van der Waals surface area contributed by atoms with Gasteiger partial charge in [-0.25, -0.2) is 0 Å². The molecule has 0 heterocycles. The van der Waals surface area contributed by atoms with E-state index in [0.29, 0.717) is 11.6 Å². The van der Waals surface area contributed by atoms with Gasteiger partial charge in [-0.2, -0.15) is 0 Å². The molecule has 0 spiro atoms. The van der Waals surface area contributed by atoms with Crippen LogP contribution in [0, 0.1) is 6.92 Å². The van der Waals surface area contributed by atoms with E-state index < -0.39 is 0 Å². The first-order chi connectivity index (χ1) is 9.54. The average Bonchev–Trinajstić information content (AvgIpc) is 2.43. The van der Waals surface area contributed by atoms with Crippen molar-refractivity contribution in [1.29, 1.82) is 0 Å².